The number of nitrogens with one attached hydrogen (secondary N) is 2. The number of hydrogen-bond acceptors (Lipinski definition) is 5. The van der Waals surface area contributed by atoms with Crippen LogP contribution in [0.15, 0.2) is 70.8 Å². The van der Waals surface area contributed by atoms with Crippen LogP contribution in [0.3, 0.4) is 0 Å². The third-order valence-corrected chi connectivity index (χ3v) is 8.38. The second-order valence-corrected chi connectivity index (χ2v) is 11.2. The van der Waals surface area contributed by atoms with Gasteiger partial charge in [-0.2, -0.15) is 0 Å². The smallest absolute Gasteiger partial charge is 0.140 e. The minimum absolute atomic E-state index is 0.0501. The van der Waals surface area contributed by atoms with Gasteiger partial charge in [0.05, 0.1) is 27.4 Å². The number of fused-ring (bicyclic) bond motifs is 1. The number of phenols is 1. The van der Waals surface area contributed by atoms with Crippen molar-refractivity contribution in [3.05, 3.63) is 82.2 Å². The summed E-state index contributed by atoms with van der Waals surface area (Å²) >= 11 is 0. The Morgan fingerprint density at radius 3 is 2.72 bits per heavy atom. The van der Waals surface area contributed by atoms with Crippen LogP contribution in [0.4, 0.5) is 15.8 Å². The predicted octanol–water partition coefficient (Wildman–Crippen LogP) is 7.18. The van der Waals surface area contributed by atoms with Gasteiger partial charge in [-0.15, -0.1) is 0 Å². The van der Waals surface area contributed by atoms with Gasteiger partial charge in [0.2, 0.25) is 0 Å². The first-order valence-electron chi connectivity index (χ1n) is 12.6. The van der Waals surface area contributed by atoms with E-state index >= 15 is 4.39 Å². The van der Waals surface area contributed by atoms with Crippen molar-refractivity contribution < 1.29 is 18.4 Å². The minimum Gasteiger partial charge on any atom is -0.506 e. The fraction of sp³-hybridized carbons (Fsp3) is 0.379. The molecule has 0 radical (unpaired) electrons. The highest BCUT2D eigenvalue weighted by molar-refractivity contribution is 7.89. The van der Waals surface area contributed by atoms with Crippen LogP contribution in [0.25, 0.3) is 0 Å². The number of aromatic hydroxyl groups is 1. The Morgan fingerprint density at radius 2 is 2.00 bits per heavy atom. The first kappa shape index (κ1) is 26.0. The Bertz CT molecular complexity index is 1250. The van der Waals surface area contributed by atoms with E-state index < -0.39 is 22.7 Å². The molecule has 3 aliphatic rings. The van der Waals surface area contributed by atoms with Gasteiger partial charge in [-0.25, -0.2) is 4.39 Å². The third-order valence-electron chi connectivity index (χ3n) is 6.36. The maximum Gasteiger partial charge on any atom is 0.140 e. The summed E-state index contributed by atoms with van der Waals surface area (Å²) in [5.41, 5.74) is 3.23. The number of halogens is 1. The summed E-state index contributed by atoms with van der Waals surface area (Å²) < 4.78 is 34.7. The van der Waals surface area contributed by atoms with Crippen LogP contribution in [0.1, 0.15) is 58.6 Å². The molecule has 0 saturated heterocycles. The average molecular weight is 511 g/mol. The van der Waals surface area contributed by atoms with E-state index in [2.05, 4.69) is 36.6 Å². The zero-order chi connectivity index (χ0) is 25.9. The molecule has 0 bridgehead atoms. The first-order valence-corrected chi connectivity index (χ1v) is 13.9. The van der Waals surface area contributed by atoms with E-state index in [1.807, 2.05) is 26.0 Å². The Labute approximate surface area is 215 Å². The van der Waals surface area contributed by atoms with Gasteiger partial charge in [0, 0.05) is 23.1 Å². The molecule has 2 heterocycles. The number of phenolic OH excluding ortho intramolecular Hbond substituents is 1. The van der Waals surface area contributed by atoms with Gasteiger partial charge in [-0.3, -0.25) is 4.21 Å². The maximum atomic E-state index is 15.5. The molecule has 2 atom stereocenters. The predicted molar refractivity (Wildman–Crippen MR) is 146 cm³/mol. The van der Waals surface area contributed by atoms with Gasteiger partial charge in [0.1, 0.15) is 29.6 Å². The van der Waals surface area contributed by atoms with Crippen molar-refractivity contribution in [1.82, 2.24) is 0 Å². The number of hydrogen-bond donors (Lipinski definition) is 3. The topological polar surface area (TPSA) is 70.6 Å². The molecule has 0 spiro atoms. The van der Waals surface area contributed by atoms with Crippen LogP contribution in [-0.4, -0.2) is 21.7 Å². The van der Waals surface area contributed by atoms with Crippen molar-refractivity contribution in [3.8, 4) is 11.5 Å². The molecule has 2 aromatic rings. The molecule has 2 aromatic carbocycles. The highest BCUT2D eigenvalue weighted by atomic mass is 32.2. The van der Waals surface area contributed by atoms with Crippen molar-refractivity contribution in [3.63, 3.8) is 0 Å². The summed E-state index contributed by atoms with van der Waals surface area (Å²) in [6.45, 7) is 8.55. The molecule has 0 amide bonds. The number of benzene rings is 2. The molecule has 5 rings (SSSR count). The molecular formula is C29H35FN2O3S. The average Bonchev–Trinajstić information content (AvgIpc) is 3.01. The largest absolute Gasteiger partial charge is 0.506 e. The number of anilines is 2. The Hall–Kier alpha value is -3.06. The van der Waals surface area contributed by atoms with Crippen molar-refractivity contribution in [2.24, 2.45) is 5.41 Å². The molecule has 2 aliphatic heterocycles. The van der Waals surface area contributed by atoms with Crippen molar-refractivity contribution >= 4 is 22.2 Å². The van der Waals surface area contributed by atoms with Crippen molar-refractivity contribution in [1.29, 1.82) is 0 Å². The third kappa shape index (κ3) is 5.51. The SMILES string of the molecule is CC.CC1(C)CC2=C(C(c3ccc(OCC4=CCCC=C4)cc3F)Nc3c(O)cccc3N2)S(=O)C1. The fourth-order valence-corrected chi connectivity index (χ4v) is 6.57. The molecule has 1 aliphatic carbocycles. The monoisotopic (exact) mass is 510 g/mol. The molecule has 5 nitrogen and oxygen atoms in total. The number of para-hydroxylation sites is 1. The number of rotatable bonds is 4. The molecule has 3 N–H and O–H groups in total. The minimum atomic E-state index is -1.32. The second kappa shape index (κ2) is 10.9. The molecule has 192 valence electrons. The Morgan fingerprint density at radius 1 is 1.19 bits per heavy atom. The summed E-state index contributed by atoms with van der Waals surface area (Å²) in [6.07, 6.45) is 8.97. The van der Waals surface area contributed by atoms with Crippen molar-refractivity contribution in [2.45, 2.75) is 53.0 Å². The zero-order valence-electron chi connectivity index (χ0n) is 21.4. The standard InChI is InChI=1S/C27H29FN2O3S.C2H6/c1-27(2)14-22-26(34(32)16-27)24(30-25-21(29-22)9-6-10-23(25)31)19-12-11-18(13-20(19)28)33-15-17-7-4-3-5-8-17;1-2/h4,6-13,24,29-31H,3,5,14-16H2,1-2H3;1-2H3. The van der Waals surface area contributed by atoms with Gasteiger partial charge in [0.15, 0.2) is 0 Å². The summed E-state index contributed by atoms with van der Waals surface area (Å²) in [4.78, 5) is 0.625. The van der Waals surface area contributed by atoms with E-state index in [1.54, 1.807) is 24.3 Å². The van der Waals surface area contributed by atoms with Crippen LogP contribution in [0.5, 0.6) is 11.5 Å². The molecular weight excluding hydrogens is 475 g/mol. The fourth-order valence-electron chi connectivity index (χ4n) is 4.76. The highest BCUT2D eigenvalue weighted by Gasteiger charge is 2.39. The lowest BCUT2D eigenvalue weighted by atomic mass is 9.88. The lowest BCUT2D eigenvalue weighted by Crippen LogP contribution is -2.32. The lowest BCUT2D eigenvalue weighted by Gasteiger charge is -2.34. The Kier molecular flexibility index (Phi) is 7.88. The molecule has 7 heteroatoms. The van der Waals surface area contributed by atoms with Crippen molar-refractivity contribution in [2.75, 3.05) is 23.0 Å². The van der Waals surface area contributed by atoms with Crippen LogP contribution >= 0.6 is 0 Å². The van der Waals surface area contributed by atoms with E-state index in [1.165, 1.54) is 6.07 Å². The van der Waals surface area contributed by atoms with Gasteiger partial charge in [0.25, 0.3) is 0 Å². The summed E-state index contributed by atoms with van der Waals surface area (Å²) in [6, 6.07) is 9.29. The van der Waals surface area contributed by atoms with E-state index in [4.69, 9.17) is 4.74 Å². The van der Waals surface area contributed by atoms with Crippen LogP contribution in [0, 0.1) is 11.2 Å². The molecule has 0 aromatic heterocycles. The molecule has 2 unspecified atom stereocenters. The van der Waals surface area contributed by atoms with E-state index in [0.717, 1.165) is 24.1 Å². The van der Waals surface area contributed by atoms with Crippen LogP contribution in [-0.2, 0) is 10.8 Å². The van der Waals surface area contributed by atoms with E-state index in [-0.39, 0.29) is 11.2 Å². The number of allylic oxidation sites excluding steroid dienone is 3. The molecule has 0 fully saturated rings. The van der Waals surface area contributed by atoms with E-state index in [9.17, 15) is 9.32 Å². The van der Waals surface area contributed by atoms with Crippen LogP contribution < -0.4 is 15.4 Å². The van der Waals surface area contributed by atoms with Gasteiger partial charge in [-0.05, 0) is 54.5 Å². The van der Waals surface area contributed by atoms with Gasteiger partial charge in [-0.1, -0.05) is 52.0 Å². The van der Waals surface area contributed by atoms with E-state index in [0.29, 0.717) is 46.4 Å². The Balaban J connectivity index is 0.00000148. The normalized spacial score (nSPS) is 22.0. The zero-order valence-corrected chi connectivity index (χ0v) is 22.2. The highest BCUT2D eigenvalue weighted by Crippen LogP contribution is 2.47. The maximum absolute atomic E-state index is 15.5. The quantitative estimate of drug-likeness (QED) is 0.380. The second-order valence-electron chi connectivity index (χ2n) is 9.81. The lowest BCUT2D eigenvalue weighted by molar-refractivity contribution is 0.352. The van der Waals surface area contributed by atoms with Crippen LogP contribution in [0.2, 0.25) is 0 Å². The summed E-state index contributed by atoms with van der Waals surface area (Å²) in [7, 11) is -1.32. The molecule has 0 saturated carbocycles. The number of ether oxygens (including phenoxy) is 1. The van der Waals surface area contributed by atoms with Gasteiger partial charge < -0.3 is 20.5 Å². The first-order chi connectivity index (χ1) is 17.3. The summed E-state index contributed by atoms with van der Waals surface area (Å²) in [5, 5.41) is 17.2. The van der Waals surface area contributed by atoms with Gasteiger partial charge >= 0.3 is 0 Å². The molecule has 36 heavy (non-hydrogen) atoms. The summed E-state index contributed by atoms with van der Waals surface area (Å²) in [5.74, 6) is 0.528.